The van der Waals surface area contributed by atoms with Gasteiger partial charge in [-0.2, -0.15) is 10.1 Å². The van der Waals surface area contributed by atoms with E-state index in [1.165, 1.54) is 5.01 Å². The van der Waals surface area contributed by atoms with Crippen molar-refractivity contribution in [3.63, 3.8) is 0 Å². The Hall–Kier alpha value is -3.48. The lowest BCUT2D eigenvalue weighted by molar-refractivity contribution is -0.132. The fourth-order valence-electron chi connectivity index (χ4n) is 3.00. The van der Waals surface area contributed by atoms with Crippen LogP contribution in [0.2, 0.25) is 0 Å². The summed E-state index contributed by atoms with van der Waals surface area (Å²) in [7, 11) is 1.64. The summed E-state index contributed by atoms with van der Waals surface area (Å²) in [6.45, 7) is 0.427. The van der Waals surface area contributed by atoms with E-state index in [0.29, 0.717) is 43.2 Å². The Morgan fingerprint density at radius 1 is 1.04 bits per heavy atom. The minimum atomic E-state index is -0.00873. The first-order valence-corrected chi connectivity index (χ1v) is 9.09. The highest BCUT2D eigenvalue weighted by Crippen LogP contribution is 2.18. The van der Waals surface area contributed by atoms with Gasteiger partial charge >= 0.3 is 0 Å². The van der Waals surface area contributed by atoms with Crippen molar-refractivity contribution < 1.29 is 14.1 Å². The molecule has 3 aromatic rings. The van der Waals surface area contributed by atoms with Crippen LogP contribution in [0.25, 0.3) is 0 Å². The van der Waals surface area contributed by atoms with Gasteiger partial charge in [0.05, 0.1) is 13.7 Å². The second-order valence-corrected chi connectivity index (χ2v) is 6.52. The highest BCUT2D eigenvalue weighted by molar-refractivity contribution is 6.00. The smallest absolute Gasteiger partial charge is 0.274 e. The molecule has 1 aromatic heterocycles. The number of benzene rings is 2. The minimum absolute atomic E-state index is 0.00873. The van der Waals surface area contributed by atoms with Crippen LogP contribution in [0.3, 0.4) is 0 Å². The largest absolute Gasteiger partial charge is 0.497 e. The van der Waals surface area contributed by atoms with E-state index in [0.717, 1.165) is 16.9 Å². The lowest BCUT2D eigenvalue weighted by atomic mass is 10.1. The number of methoxy groups -OCH3 is 1. The first-order chi connectivity index (χ1) is 13.7. The number of carbonyl (C=O) groups excluding carboxylic acids is 1. The van der Waals surface area contributed by atoms with Crippen molar-refractivity contribution in [1.29, 1.82) is 0 Å². The van der Waals surface area contributed by atoms with Crippen LogP contribution in [0.1, 0.15) is 35.7 Å². The molecule has 0 saturated heterocycles. The topological polar surface area (TPSA) is 80.8 Å². The van der Waals surface area contributed by atoms with E-state index in [4.69, 9.17) is 9.26 Å². The molecule has 0 N–H and O–H groups in total. The molecular weight excluding hydrogens is 356 g/mol. The van der Waals surface area contributed by atoms with Crippen LogP contribution in [0.15, 0.2) is 64.2 Å². The zero-order chi connectivity index (χ0) is 19.3. The predicted octanol–water partition coefficient (Wildman–Crippen LogP) is 3.20. The SMILES string of the molecule is COc1ccc(Cc2noc(C3=NN(Cc4ccccc4)C(=O)CC3)n2)cc1. The van der Waals surface area contributed by atoms with Gasteiger partial charge in [0.25, 0.3) is 5.89 Å². The highest BCUT2D eigenvalue weighted by Gasteiger charge is 2.24. The second-order valence-electron chi connectivity index (χ2n) is 6.52. The van der Waals surface area contributed by atoms with Gasteiger partial charge in [0, 0.05) is 19.3 Å². The van der Waals surface area contributed by atoms with Crippen LogP contribution in [0.5, 0.6) is 5.75 Å². The van der Waals surface area contributed by atoms with Crippen molar-refractivity contribution >= 4 is 11.6 Å². The molecule has 0 bridgehead atoms. The summed E-state index contributed by atoms with van der Waals surface area (Å²) in [5.41, 5.74) is 2.72. The Kier molecular flexibility index (Phi) is 5.14. The van der Waals surface area contributed by atoms with Gasteiger partial charge in [0.2, 0.25) is 5.91 Å². The molecule has 1 aliphatic rings. The Morgan fingerprint density at radius 3 is 2.57 bits per heavy atom. The molecule has 2 aromatic carbocycles. The van der Waals surface area contributed by atoms with E-state index in [1.54, 1.807) is 7.11 Å². The van der Waals surface area contributed by atoms with E-state index < -0.39 is 0 Å². The first kappa shape index (κ1) is 17.9. The molecule has 7 heteroatoms. The molecule has 0 atom stereocenters. The number of ether oxygens (including phenoxy) is 1. The van der Waals surface area contributed by atoms with Crippen LogP contribution in [-0.2, 0) is 17.8 Å². The summed E-state index contributed by atoms with van der Waals surface area (Å²) in [5, 5.41) is 9.99. The molecule has 7 nitrogen and oxygen atoms in total. The van der Waals surface area contributed by atoms with E-state index in [1.807, 2.05) is 54.6 Å². The van der Waals surface area contributed by atoms with Gasteiger partial charge in [-0.15, -0.1) is 0 Å². The number of hydrogen-bond donors (Lipinski definition) is 0. The molecule has 2 heterocycles. The summed E-state index contributed by atoms with van der Waals surface area (Å²) in [6, 6.07) is 17.5. The number of hydrazone groups is 1. The lowest BCUT2D eigenvalue weighted by Crippen LogP contribution is -2.31. The molecule has 0 saturated carbocycles. The zero-order valence-corrected chi connectivity index (χ0v) is 15.5. The zero-order valence-electron chi connectivity index (χ0n) is 15.5. The fourth-order valence-corrected chi connectivity index (χ4v) is 3.00. The lowest BCUT2D eigenvalue weighted by Gasteiger charge is -2.22. The summed E-state index contributed by atoms with van der Waals surface area (Å²) in [6.07, 6.45) is 1.42. The minimum Gasteiger partial charge on any atom is -0.497 e. The van der Waals surface area contributed by atoms with Gasteiger partial charge in [-0.25, -0.2) is 5.01 Å². The maximum Gasteiger partial charge on any atom is 0.274 e. The Bertz CT molecular complexity index is 980. The van der Waals surface area contributed by atoms with Crippen molar-refractivity contribution in [3.05, 3.63) is 77.4 Å². The number of nitrogens with zero attached hydrogens (tertiary/aromatic N) is 4. The normalized spacial score (nSPS) is 14.1. The Morgan fingerprint density at radius 2 is 1.82 bits per heavy atom. The standard InChI is InChI=1S/C21H20N4O3/c1-27-17-9-7-15(8-10-17)13-19-22-21(28-24-19)18-11-12-20(26)25(23-18)14-16-5-3-2-4-6-16/h2-10H,11-14H2,1H3. The summed E-state index contributed by atoms with van der Waals surface area (Å²) >= 11 is 0. The molecule has 0 spiro atoms. The number of rotatable bonds is 6. The molecule has 0 unspecified atom stereocenters. The van der Waals surface area contributed by atoms with Crippen LogP contribution in [0.4, 0.5) is 0 Å². The Labute approximate surface area is 162 Å². The summed E-state index contributed by atoms with van der Waals surface area (Å²) in [5.74, 6) is 1.74. The third-order valence-corrected chi connectivity index (χ3v) is 4.52. The van der Waals surface area contributed by atoms with Gasteiger partial charge in [-0.3, -0.25) is 4.79 Å². The van der Waals surface area contributed by atoms with Gasteiger partial charge in [-0.05, 0) is 23.3 Å². The van der Waals surface area contributed by atoms with Crippen LogP contribution >= 0.6 is 0 Å². The highest BCUT2D eigenvalue weighted by atomic mass is 16.5. The molecule has 0 fully saturated rings. The van der Waals surface area contributed by atoms with E-state index in [9.17, 15) is 4.79 Å². The van der Waals surface area contributed by atoms with E-state index >= 15 is 0 Å². The molecule has 28 heavy (non-hydrogen) atoms. The van der Waals surface area contributed by atoms with Gasteiger partial charge in [-0.1, -0.05) is 47.6 Å². The number of amides is 1. The molecule has 142 valence electrons. The van der Waals surface area contributed by atoms with Crippen LogP contribution in [-0.4, -0.2) is 33.9 Å². The van der Waals surface area contributed by atoms with E-state index in [2.05, 4.69) is 15.2 Å². The molecule has 1 aliphatic heterocycles. The molecule has 0 radical (unpaired) electrons. The monoisotopic (exact) mass is 376 g/mol. The van der Waals surface area contributed by atoms with Crippen LogP contribution in [0, 0.1) is 0 Å². The summed E-state index contributed by atoms with van der Waals surface area (Å²) in [4.78, 5) is 16.7. The Balaban J connectivity index is 1.48. The number of carbonyl (C=O) groups is 1. The quantitative estimate of drug-likeness (QED) is 0.660. The molecule has 1 amide bonds. The molecular formula is C21H20N4O3. The maximum absolute atomic E-state index is 12.2. The third-order valence-electron chi connectivity index (χ3n) is 4.52. The average Bonchev–Trinajstić information content (AvgIpc) is 3.19. The molecule has 0 aliphatic carbocycles. The van der Waals surface area contributed by atoms with Crippen molar-refractivity contribution in [2.75, 3.05) is 7.11 Å². The maximum atomic E-state index is 12.2. The average molecular weight is 376 g/mol. The summed E-state index contributed by atoms with van der Waals surface area (Å²) < 4.78 is 10.6. The second kappa shape index (κ2) is 8.04. The van der Waals surface area contributed by atoms with Crippen LogP contribution < -0.4 is 4.74 Å². The fraction of sp³-hybridized carbons (Fsp3) is 0.238. The van der Waals surface area contributed by atoms with Gasteiger partial charge in [0.1, 0.15) is 11.5 Å². The number of hydrogen-bond acceptors (Lipinski definition) is 6. The first-order valence-electron chi connectivity index (χ1n) is 9.09. The van der Waals surface area contributed by atoms with Crippen molar-refractivity contribution in [2.45, 2.75) is 25.8 Å². The van der Waals surface area contributed by atoms with Crippen molar-refractivity contribution in [1.82, 2.24) is 15.1 Å². The predicted molar refractivity (Wildman–Crippen MR) is 103 cm³/mol. The molecule has 4 rings (SSSR count). The third kappa shape index (κ3) is 4.09. The van der Waals surface area contributed by atoms with E-state index in [-0.39, 0.29) is 5.91 Å². The van der Waals surface area contributed by atoms with Crippen molar-refractivity contribution in [3.8, 4) is 5.75 Å². The van der Waals surface area contributed by atoms with Gasteiger partial charge in [0.15, 0.2) is 5.82 Å². The number of aromatic nitrogens is 2. The van der Waals surface area contributed by atoms with Gasteiger partial charge < -0.3 is 9.26 Å². The van der Waals surface area contributed by atoms with Crippen molar-refractivity contribution in [2.24, 2.45) is 5.10 Å².